The Morgan fingerprint density at radius 1 is 1.32 bits per heavy atom. The zero-order valence-electron chi connectivity index (χ0n) is 17.2. The zero-order chi connectivity index (χ0) is 22.0. The minimum absolute atomic E-state index is 0.216. The Balaban J connectivity index is 1.55. The highest BCUT2D eigenvalue weighted by atomic mass is 35.5. The van der Waals surface area contributed by atoms with Crippen LogP contribution in [-0.4, -0.2) is 29.8 Å². The Morgan fingerprint density at radius 3 is 2.87 bits per heavy atom. The largest absolute Gasteiger partial charge is 0.492 e. The van der Waals surface area contributed by atoms with Gasteiger partial charge in [-0.05, 0) is 43.9 Å². The molecule has 2 aromatic heterocycles. The van der Waals surface area contributed by atoms with Gasteiger partial charge in [-0.2, -0.15) is 0 Å². The standard InChI is InChI=1S/C22H23ClN4O4/c1-12(25-20-9-15(5-6-24-20)26-22(29)30-2)16-7-14-8-17(23)19(31-11-13-3-4-13)10-18(14)27-21(16)28/h5-10,12-13H,3-4,11H2,1-2H3,(H,27,28)(H2,24,25,26,29). The number of rotatable bonds is 7. The van der Waals surface area contributed by atoms with Gasteiger partial charge in [0.15, 0.2) is 0 Å². The molecule has 9 heteroatoms. The summed E-state index contributed by atoms with van der Waals surface area (Å²) in [7, 11) is 1.29. The molecule has 0 saturated heterocycles. The van der Waals surface area contributed by atoms with E-state index in [0.29, 0.717) is 45.9 Å². The molecule has 1 atom stereocenters. The first-order valence-corrected chi connectivity index (χ1v) is 10.4. The number of hydrogen-bond acceptors (Lipinski definition) is 6. The normalized spacial score (nSPS) is 14.2. The lowest BCUT2D eigenvalue weighted by atomic mass is 10.1. The second-order valence-electron chi connectivity index (χ2n) is 7.59. The summed E-state index contributed by atoms with van der Waals surface area (Å²) in [6.07, 6.45) is 3.35. The monoisotopic (exact) mass is 442 g/mol. The number of halogens is 1. The molecule has 1 aromatic carbocycles. The van der Waals surface area contributed by atoms with Crippen molar-refractivity contribution < 1.29 is 14.3 Å². The van der Waals surface area contributed by atoms with Gasteiger partial charge < -0.3 is 19.8 Å². The van der Waals surface area contributed by atoms with Crippen molar-refractivity contribution in [3.8, 4) is 5.75 Å². The number of methoxy groups -OCH3 is 1. The fourth-order valence-electron chi connectivity index (χ4n) is 3.20. The molecule has 31 heavy (non-hydrogen) atoms. The fourth-order valence-corrected chi connectivity index (χ4v) is 3.43. The molecule has 1 amide bonds. The Bertz CT molecular complexity index is 1180. The zero-order valence-corrected chi connectivity index (χ0v) is 18.0. The number of nitrogens with one attached hydrogen (secondary N) is 3. The molecule has 1 fully saturated rings. The van der Waals surface area contributed by atoms with Crippen LogP contribution in [0.5, 0.6) is 5.75 Å². The number of benzene rings is 1. The molecule has 1 saturated carbocycles. The molecule has 3 N–H and O–H groups in total. The molecule has 0 spiro atoms. The first-order chi connectivity index (χ1) is 14.9. The van der Waals surface area contributed by atoms with Gasteiger partial charge in [0.25, 0.3) is 5.56 Å². The van der Waals surface area contributed by atoms with Crippen molar-refractivity contribution in [3.05, 3.63) is 57.5 Å². The summed E-state index contributed by atoms with van der Waals surface area (Å²) in [6, 6.07) is 8.32. The lowest BCUT2D eigenvalue weighted by molar-refractivity contribution is 0.187. The first-order valence-electron chi connectivity index (χ1n) is 10.00. The number of H-pyrrole nitrogens is 1. The topological polar surface area (TPSA) is 105 Å². The van der Waals surface area contributed by atoms with Gasteiger partial charge in [-0.1, -0.05) is 11.6 Å². The summed E-state index contributed by atoms with van der Waals surface area (Å²) >= 11 is 6.39. The molecular weight excluding hydrogens is 420 g/mol. The van der Waals surface area contributed by atoms with E-state index in [-0.39, 0.29) is 11.6 Å². The minimum atomic E-state index is -0.575. The lowest BCUT2D eigenvalue weighted by Gasteiger charge is -2.16. The van der Waals surface area contributed by atoms with Crippen LogP contribution in [0, 0.1) is 5.92 Å². The lowest BCUT2D eigenvalue weighted by Crippen LogP contribution is -2.20. The average Bonchev–Trinajstić information content (AvgIpc) is 3.57. The number of anilines is 2. The van der Waals surface area contributed by atoms with E-state index in [4.69, 9.17) is 16.3 Å². The molecule has 0 aliphatic heterocycles. The highest BCUT2D eigenvalue weighted by Crippen LogP contribution is 2.34. The van der Waals surface area contributed by atoms with Gasteiger partial charge in [0.1, 0.15) is 11.6 Å². The maximum Gasteiger partial charge on any atom is 0.411 e. The highest BCUT2D eigenvalue weighted by molar-refractivity contribution is 6.32. The third-order valence-electron chi connectivity index (χ3n) is 5.12. The van der Waals surface area contributed by atoms with Crippen LogP contribution in [0.2, 0.25) is 5.02 Å². The smallest absolute Gasteiger partial charge is 0.411 e. The van der Waals surface area contributed by atoms with Crippen LogP contribution >= 0.6 is 11.6 Å². The average molecular weight is 443 g/mol. The third kappa shape index (κ3) is 5.08. The van der Waals surface area contributed by atoms with Crippen molar-refractivity contribution in [2.75, 3.05) is 24.4 Å². The molecule has 3 aromatic rings. The van der Waals surface area contributed by atoms with Gasteiger partial charge in [0.2, 0.25) is 0 Å². The summed E-state index contributed by atoms with van der Waals surface area (Å²) in [4.78, 5) is 31.3. The quantitative estimate of drug-likeness (QED) is 0.489. The number of hydrogen-bond donors (Lipinski definition) is 3. The Hall–Kier alpha value is -3.26. The van der Waals surface area contributed by atoms with Crippen molar-refractivity contribution in [2.24, 2.45) is 5.92 Å². The van der Waals surface area contributed by atoms with Crippen LogP contribution in [0.4, 0.5) is 16.3 Å². The van der Waals surface area contributed by atoms with Crippen LogP contribution in [0.3, 0.4) is 0 Å². The van der Waals surface area contributed by atoms with Crippen molar-refractivity contribution in [3.63, 3.8) is 0 Å². The molecule has 1 unspecified atom stereocenters. The van der Waals surface area contributed by atoms with Gasteiger partial charge in [-0.3, -0.25) is 10.1 Å². The van der Waals surface area contributed by atoms with Crippen LogP contribution in [0.25, 0.3) is 10.9 Å². The van der Waals surface area contributed by atoms with Crippen LogP contribution in [0.15, 0.2) is 41.3 Å². The number of aromatic nitrogens is 2. The van der Waals surface area contributed by atoms with E-state index in [1.54, 1.807) is 36.5 Å². The summed E-state index contributed by atoms with van der Waals surface area (Å²) in [5, 5.41) is 7.07. The molecule has 0 radical (unpaired) electrons. The number of carbonyl (C=O) groups is 1. The molecular formula is C22H23ClN4O4. The van der Waals surface area contributed by atoms with Crippen LogP contribution < -0.4 is 20.9 Å². The number of fused-ring (bicyclic) bond motifs is 1. The Labute approximate surface area is 183 Å². The van der Waals surface area contributed by atoms with E-state index in [1.807, 2.05) is 6.92 Å². The maximum absolute atomic E-state index is 12.7. The van der Waals surface area contributed by atoms with E-state index in [1.165, 1.54) is 20.0 Å². The number of aromatic amines is 1. The minimum Gasteiger partial charge on any atom is -0.492 e. The highest BCUT2D eigenvalue weighted by Gasteiger charge is 2.22. The maximum atomic E-state index is 12.7. The summed E-state index contributed by atoms with van der Waals surface area (Å²) in [6.45, 7) is 2.50. The Kier molecular flexibility index (Phi) is 5.99. The SMILES string of the molecule is COC(=O)Nc1ccnc(NC(C)c2cc3cc(Cl)c(OCC4CC4)cc3[nH]c2=O)c1. The number of nitrogens with zero attached hydrogens (tertiary/aromatic N) is 1. The van der Waals surface area contributed by atoms with Gasteiger partial charge >= 0.3 is 6.09 Å². The predicted molar refractivity (Wildman–Crippen MR) is 120 cm³/mol. The van der Waals surface area contributed by atoms with Crippen molar-refractivity contribution in [1.29, 1.82) is 0 Å². The van der Waals surface area contributed by atoms with Crippen molar-refractivity contribution in [1.82, 2.24) is 9.97 Å². The van der Waals surface area contributed by atoms with E-state index < -0.39 is 6.09 Å². The van der Waals surface area contributed by atoms with E-state index in [0.717, 1.165) is 5.39 Å². The van der Waals surface area contributed by atoms with Crippen molar-refractivity contribution >= 4 is 40.1 Å². The van der Waals surface area contributed by atoms with E-state index in [9.17, 15) is 9.59 Å². The molecule has 1 aliphatic carbocycles. The number of pyridine rings is 2. The first kappa shape index (κ1) is 21.0. The van der Waals surface area contributed by atoms with Gasteiger partial charge in [0.05, 0.1) is 30.3 Å². The second kappa shape index (κ2) is 8.85. The summed E-state index contributed by atoms with van der Waals surface area (Å²) < 4.78 is 10.4. The fraction of sp³-hybridized carbons (Fsp3) is 0.318. The number of carbonyl (C=O) groups excluding carboxylic acids is 1. The van der Waals surface area contributed by atoms with Crippen LogP contribution in [-0.2, 0) is 4.74 Å². The molecule has 8 nitrogen and oxygen atoms in total. The predicted octanol–water partition coefficient (Wildman–Crippen LogP) is 4.72. The van der Waals surface area contributed by atoms with Gasteiger partial charge in [0, 0.05) is 35.0 Å². The second-order valence-corrected chi connectivity index (χ2v) is 8.00. The van der Waals surface area contributed by atoms with Crippen LogP contribution in [0.1, 0.15) is 31.4 Å². The molecule has 0 bridgehead atoms. The van der Waals surface area contributed by atoms with E-state index in [2.05, 4.69) is 25.3 Å². The Morgan fingerprint density at radius 2 is 2.13 bits per heavy atom. The molecule has 2 heterocycles. The van der Waals surface area contributed by atoms with E-state index >= 15 is 0 Å². The number of amides is 1. The van der Waals surface area contributed by atoms with Gasteiger partial charge in [-0.15, -0.1) is 0 Å². The molecule has 4 rings (SSSR count). The van der Waals surface area contributed by atoms with Crippen molar-refractivity contribution in [2.45, 2.75) is 25.8 Å². The number of ether oxygens (including phenoxy) is 2. The molecule has 162 valence electrons. The van der Waals surface area contributed by atoms with Gasteiger partial charge in [-0.25, -0.2) is 9.78 Å². The summed E-state index contributed by atoms with van der Waals surface area (Å²) in [5.74, 6) is 1.69. The molecule has 1 aliphatic rings. The summed E-state index contributed by atoms with van der Waals surface area (Å²) in [5.41, 5.74) is 1.50. The third-order valence-corrected chi connectivity index (χ3v) is 5.41.